The first kappa shape index (κ1) is 27.0. The zero-order valence-corrected chi connectivity index (χ0v) is 27.9. The molecule has 11 rings (SSSR count). The monoisotopic (exact) mass is 631 g/mol. The average molecular weight is 632 g/mol. The van der Waals surface area contributed by atoms with Crippen molar-refractivity contribution < 1.29 is 0 Å². The van der Waals surface area contributed by atoms with Crippen molar-refractivity contribution in [3.63, 3.8) is 0 Å². The van der Waals surface area contributed by atoms with Crippen LogP contribution in [-0.4, -0.2) is 4.57 Å². The first-order valence-corrected chi connectivity index (χ1v) is 18.0. The third kappa shape index (κ3) is 3.43. The number of thioether (sulfide) groups is 1. The Balaban J connectivity index is 1.13. The van der Waals surface area contributed by atoms with E-state index in [1.54, 1.807) is 0 Å². The molecule has 6 aromatic carbocycles. The van der Waals surface area contributed by atoms with Crippen LogP contribution in [-0.2, 0) is 11.8 Å². The van der Waals surface area contributed by atoms with Gasteiger partial charge in [0.15, 0.2) is 0 Å². The van der Waals surface area contributed by atoms with E-state index in [4.69, 9.17) is 0 Å². The fraction of sp³-hybridized carbons (Fsp3) is 0.130. The molecular formula is C46H33NS. The Bertz CT molecular complexity index is 2630. The molecule has 48 heavy (non-hydrogen) atoms. The Morgan fingerprint density at radius 1 is 0.688 bits per heavy atom. The van der Waals surface area contributed by atoms with Crippen LogP contribution in [0.25, 0.3) is 60.9 Å². The molecule has 2 heteroatoms. The summed E-state index contributed by atoms with van der Waals surface area (Å²) in [7, 11) is 0. The van der Waals surface area contributed by atoms with E-state index in [1.807, 2.05) is 11.8 Å². The van der Waals surface area contributed by atoms with Crippen LogP contribution in [0.1, 0.15) is 54.0 Å². The van der Waals surface area contributed by atoms with Gasteiger partial charge in [-0.25, -0.2) is 0 Å². The normalized spacial score (nSPS) is 17.5. The molecule has 1 aliphatic heterocycles. The summed E-state index contributed by atoms with van der Waals surface area (Å²) in [5, 5.41) is 2.71. The van der Waals surface area contributed by atoms with Crippen molar-refractivity contribution in [2.45, 2.75) is 42.9 Å². The van der Waals surface area contributed by atoms with Gasteiger partial charge in [-0.15, -0.1) is 0 Å². The number of para-hydroxylation sites is 1. The molecule has 0 radical (unpaired) electrons. The topological polar surface area (TPSA) is 4.93 Å². The van der Waals surface area contributed by atoms with Crippen LogP contribution in [0.2, 0.25) is 0 Å². The third-order valence-corrected chi connectivity index (χ3v) is 12.9. The Hall–Kier alpha value is -5.05. The van der Waals surface area contributed by atoms with Crippen LogP contribution >= 0.6 is 11.8 Å². The summed E-state index contributed by atoms with van der Waals surface area (Å²) < 4.78 is 2.52. The SMILES string of the molecule is CC1(C)c2ccccc2-c2ccc3c(c21)c1ccccc1n3-c1ccc2c(c1)-c1c(cccc1-c1cccc3c1SC1=CC=CCC13)C2. The maximum atomic E-state index is 2.52. The zero-order chi connectivity index (χ0) is 31.7. The molecule has 1 unspecified atom stereocenters. The highest BCUT2D eigenvalue weighted by Crippen LogP contribution is 2.57. The lowest BCUT2D eigenvalue weighted by molar-refractivity contribution is 0.666. The molecule has 7 aromatic rings. The van der Waals surface area contributed by atoms with Gasteiger partial charge in [-0.3, -0.25) is 0 Å². The minimum atomic E-state index is -0.0796. The Morgan fingerprint density at radius 3 is 2.48 bits per heavy atom. The molecule has 0 spiro atoms. The second kappa shape index (κ2) is 9.52. The molecule has 1 atom stereocenters. The Kier molecular flexibility index (Phi) is 5.35. The van der Waals surface area contributed by atoms with E-state index >= 15 is 0 Å². The van der Waals surface area contributed by atoms with Gasteiger partial charge < -0.3 is 4.57 Å². The second-order valence-electron chi connectivity index (χ2n) is 14.4. The first-order valence-electron chi connectivity index (χ1n) is 17.2. The van der Waals surface area contributed by atoms with Crippen LogP contribution in [0, 0.1) is 0 Å². The maximum Gasteiger partial charge on any atom is 0.0544 e. The largest absolute Gasteiger partial charge is 0.309 e. The predicted octanol–water partition coefficient (Wildman–Crippen LogP) is 12.4. The van der Waals surface area contributed by atoms with Gasteiger partial charge in [0.05, 0.1) is 11.0 Å². The smallest absolute Gasteiger partial charge is 0.0544 e. The van der Waals surface area contributed by atoms with Crippen LogP contribution in [0.15, 0.2) is 143 Å². The summed E-state index contributed by atoms with van der Waals surface area (Å²) in [6.45, 7) is 4.80. The van der Waals surface area contributed by atoms with Crippen molar-refractivity contribution in [2.75, 3.05) is 0 Å². The van der Waals surface area contributed by atoms with Gasteiger partial charge in [0.2, 0.25) is 0 Å². The lowest BCUT2D eigenvalue weighted by Crippen LogP contribution is -2.15. The summed E-state index contributed by atoms with van der Waals surface area (Å²) >= 11 is 1.98. The fourth-order valence-electron chi connectivity index (χ4n) is 9.46. The van der Waals surface area contributed by atoms with Gasteiger partial charge in [-0.05, 0) is 103 Å². The number of hydrogen-bond donors (Lipinski definition) is 0. The molecular weight excluding hydrogens is 599 g/mol. The van der Waals surface area contributed by atoms with Crippen LogP contribution in [0.4, 0.5) is 0 Å². The molecule has 0 N–H and O–H groups in total. The Morgan fingerprint density at radius 2 is 1.52 bits per heavy atom. The van der Waals surface area contributed by atoms with Gasteiger partial charge >= 0.3 is 0 Å². The van der Waals surface area contributed by atoms with E-state index in [9.17, 15) is 0 Å². The summed E-state index contributed by atoms with van der Waals surface area (Å²) in [6, 6.07) is 43.9. The van der Waals surface area contributed by atoms with Gasteiger partial charge in [-0.2, -0.15) is 0 Å². The number of rotatable bonds is 2. The molecule has 228 valence electrons. The van der Waals surface area contributed by atoms with Gasteiger partial charge in [0.1, 0.15) is 0 Å². The van der Waals surface area contributed by atoms with E-state index in [1.165, 1.54) is 98.5 Å². The van der Waals surface area contributed by atoms with Crippen molar-refractivity contribution in [1.29, 1.82) is 0 Å². The average Bonchev–Trinajstić information content (AvgIpc) is 3.85. The minimum Gasteiger partial charge on any atom is -0.309 e. The van der Waals surface area contributed by atoms with Crippen LogP contribution in [0.3, 0.4) is 0 Å². The number of fused-ring (bicyclic) bond motifs is 13. The number of nitrogens with zero attached hydrogens (tertiary/aromatic N) is 1. The lowest BCUT2D eigenvalue weighted by atomic mass is 9.80. The van der Waals surface area contributed by atoms with Crippen molar-refractivity contribution in [3.05, 3.63) is 166 Å². The molecule has 0 saturated heterocycles. The standard InChI is InChI=1S/C46H33NS/c1-46(2)38-18-6-3-12-30(38)33-23-24-40-43(44(33)46)36-14-4-7-19-39(36)47(40)29-22-21-27-25-28-11-9-15-32(42(28)37(27)26-29)35-17-10-16-34-31-13-5-8-20-41(31)48-45(34)35/h3-12,14-24,26,31H,13,25H2,1-2H3. The molecule has 3 aliphatic carbocycles. The molecule has 0 fully saturated rings. The quantitative estimate of drug-likeness (QED) is 0.184. The van der Waals surface area contributed by atoms with Gasteiger partial charge in [-0.1, -0.05) is 135 Å². The highest BCUT2D eigenvalue weighted by atomic mass is 32.2. The molecule has 1 aromatic heterocycles. The molecule has 0 amide bonds. The summed E-state index contributed by atoms with van der Waals surface area (Å²) in [5.74, 6) is 0.500. The molecule has 0 bridgehead atoms. The summed E-state index contributed by atoms with van der Waals surface area (Å²) in [5.41, 5.74) is 19.2. The zero-order valence-electron chi connectivity index (χ0n) is 27.0. The summed E-state index contributed by atoms with van der Waals surface area (Å²) in [4.78, 5) is 2.93. The van der Waals surface area contributed by atoms with E-state index < -0.39 is 0 Å². The van der Waals surface area contributed by atoms with E-state index in [0.29, 0.717) is 5.92 Å². The number of aromatic nitrogens is 1. The number of hydrogen-bond acceptors (Lipinski definition) is 1. The molecule has 0 saturated carbocycles. The van der Waals surface area contributed by atoms with Gasteiger partial charge in [0, 0.05) is 32.7 Å². The van der Waals surface area contributed by atoms with E-state index in [2.05, 4.69) is 152 Å². The van der Waals surface area contributed by atoms with Crippen molar-refractivity contribution >= 4 is 33.6 Å². The second-order valence-corrected chi connectivity index (χ2v) is 15.5. The molecule has 2 heterocycles. The van der Waals surface area contributed by atoms with Crippen molar-refractivity contribution in [3.8, 4) is 39.1 Å². The third-order valence-electron chi connectivity index (χ3n) is 11.5. The van der Waals surface area contributed by atoms with Crippen molar-refractivity contribution in [1.82, 2.24) is 4.57 Å². The van der Waals surface area contributed by atoms with Crippen LogP contribution < -0.4 is 0 Å². The first-order chi connectivity index (χ1) is 23.6. The van der Waals surface area contributed by atoms with E-state index in [0.717, 1.165) is 12.8 Å². The molecule has 1 nitrogen and oxygen atoms in total. The number of benzene rings is 6. The number of allylic oxidation sites excluding steroid dienone is 4. The van der Waals surface area contributed by atoms with Crippen molar-refractivity contribution in [2.24, 2.45) is 0 Å². The van der Waals surface area contributed by atoms with Crippen LogP contribution in [0.5, 0.6) is 0 Å². The highest BCUT2D eigenvalue weighted by Gasteiger charge is 2.38. The van der Waals surface area contributed by atoms with E-state index in [-0.39, 0.29) is 5.41 Å². The highest BCUT2D eigenvalue weighted by molar-refractivity contribution is 8.03. The van der Waals surface area contributed by atoms with Gasteiger partial charge in [0.25, 0.3) is 0 Å². The summed E-state index contributed by atoms with van der Waals surface area (Å²) in [6.07, 6.45) is 8.94. The fourth-order valence-corrected chi connectivity index (χ4v) is 10.8. The molecule has 4 aliphatic rings. The Labute approximate surface area is 285 Å². The predicted molar refractivity (Wildman–Crippen MR) is 202 cm³/mol. The minimum absolute atomic E-state index is 0.0796. The lowest BCUT2D eigenvalue weighted by Gasteiger charge is -2.22. The maximum absolute atomic E-state index is 2.52.